The van der Waals surface area contributed by atoms with Crippen LogP contribution < -0.4 is 24.8 Å². The molecule has 2 amide bonds. The number of ether oxygens (including phenoxy) is 2. The summed E-state index contributed by atoms with van der Waals surface area (Å²) in [5.41, 5.74) is 6.23. The lowest BCUT2D eigenvalue weighted by Crippen LogP contribution is -2.36. The molecule has 1 unspecified atom stereocenters. The zero-order valence-electron chi connectivity index (χ0n) is 29.4. The molecule has 1 aromatic heterocycles. The molecule has 0 spiro atoms. The minimum atomic E-state index is -2.20. The van der Waals surface area contributed by atoms with Gasteiger partial charge >= 0.3 is 6.03 Å². The van der Waals surface area contributed by atoms with Crippen LogP contribution in [0.3, 0.4) is 0 Å². The molecule has 5 N–H and O–H groups in total. The normalized spacial score (nSPS) is 14.9. The number of methoxy groups -OCH3 is 1. The second-order valence-electron chi connectivity index (χ2n) is 13.9. The SMILES string of the molecule is COc1c(CNS(=O)O)cc(C(C)(C)C)cc1NC(=O)Nc1cc(C)c(OCCN2CCn3c(nnc3-c3cc(Cl)ccc3O)C2)c2c1CCC2. The second-order valence-corrected chi connectivity index (χ2v) is 15.1. The van der Waals surface area contributed by atoms with E-state index in [1.807, 2.05) is 29.7 Å². The maximum atomic E-state index is 13.5. The average molecular weight is 738 g/mol. The fraction of sp³-hybridized carbons (Fsp3) is 0.417. The first kappa shape index (κ1) is 36.6. The van der Waals surface area contributed by atoms with Crippen molar-refractivity contribution >= 4 is 40.3 Å². The van der Waals surface area contributed by atoms with Crippen molar-refractivity contribution in [1.29, 1.82) is 0 Å². The minimum Gasteiger partial charge on any atom is -0.507 e. The molecule has 6 rings (SSSR count). The molecule has 0 fully saturated rings. The average Bonchev–Trinajstić information content (AvgIpc) is 3.73. The Morgan fingerprint density at radius 2 is 1.80 bits per heavy atom. The Kier molecular flexibility index (Phi) is 10.9. The van der Waals surface area contributed by atoms with Crippen molar-refractivity contribution in [3.63, 3.8) is 0 Å². The third-order valence-electron chi connectivity index (χ3n) is 9.34. The van der Waals surface area contributed by atoms with E-state index in [1.165, 1.54) is 7.11 Å². The van der Waals surface area contributed by atoms with Crippen molar-refractivity contribution in [2.45, 2.75) is 72.0 Å². The third-order valence-corrected chi connectivity index (χ3v) is 9.97. The predicted molar refractivity (Wildman–Crippen MR) is 198 cm³/mol. The van der Waals surface area contributed by atoms with Gasteiger partial charge in [0.05, 0.1) is 24.9 Å². The number of urea groups is 1. The number of halogens is 1. The number of nitrogens with one attached hydrogen (secondary N) is 3. The van der Waals surface area contributed by atoms with Gasteiger partial charge in [0.25, 0.3) is 0 Å². The zero-order chi connectivity index (χ0) is 36.4. The van der Waals surface area contributed by atoms with E-state index in [-0.39, 0.29) is 17.7 Å². The molecule has 0 saturated heterocycles. The topological polar surface area (TPSA) is 163 Å². The van der Waals surface area contributed by atoms with Crippen LogP contribution in [0, 0.1) is 6.92 Å². The number of nitrogens with zero attached hydrogens (tertiary/aromatic N) is 4. The standard InChI is InChI=1S/C36H44ClN7O6S/c1-21-15-28(39-35(46)40-29-17-23(36(2,3)4)16-22(33(29)49-5)19-38-51(47)48)25-7-6-8-26(25)32(21)50-14-13-43-11-12-44-31(20-43)41-42-34(44)27-18-24(37)9-10-30(27)45/h9-10,15-18,38,45H,6-8,11-14,19-20H2,1-5H3,(H,47,48)(H2,39,40,46). The summed E-state index contributed by atoms with van der Waals surface area (Å²) in [5.74, 6) is 2.81. The smallest absolute Gasteiger partial charge is 0.323 e. The van der Waals surface area contributed by atoms with Crippen LogP contribution in [-0.2, 0) is 49.2 Å². The fourth-order valence-electron chi connectivity index (χ4n) is 6.78. The molecule has 2 aliphatic rings. The van der Waals surface area contributed by atoms with Crippen LogP contribution in [0.5, 0.6) is 17.2 Å². The van der Waals surface area contributed by atoms with E-state index in [0.29, 0.717) is 59.7 Å². The first-order chi connectivity index (χ1) is 24.3. The van der Waals surface area contributed by atoms with Gasteiger partial charge in [-0.05, 0) is 84.2 Å². The number of hydrogen-bond acceptors (Lipinski definition) is 8. The van der Waals surface area contributed by atoms with Gasteiger partial charge < -0.3 is 29.8 Å². The summed E-state index contributed by atoms with van der Waals surface area (Å²) in [6.07, 6.45) is 2.64. The van der Waals surface area contributed by atoms with E-state index in [9.17, 15) is 18.7 Å². The molecule has 1 atom stereocenters. The summed E-state index contributed by atoms with van der Waals surface area (Å²) in [5, 5.41) is 25.7. The van der Waals surface area contributed by atoms with Crippen LogP contribution in [0.15, 0.2) is 36.4 Å². The number of fused-ring (bicyclic) bond motifs is 2. The van der Waals surface area contributed by atoms with Gasteiger partial charge in [0.1, 0.15) is 29.7 Å². The molecule has 0 radical (unpaired) electrons. The van der Waals surface area contributed by atoms with E-state index >= 15 is 0 Å². The summed E-state index contributed by atoms with van der Waals surface area (Å²) >= 11 is 3.97. The lowest BCUT2D eigenvalue weighted by atomic mass is 9.85. The summed E-state index contributed by atoms with van der Waals surface area (Å²) < 4.78 is 37.3. The van der Waals surface area contributed by atoms with Gasteiger partial charge in [0.15, 0.2) is 5.82 Å². The van der Waals surface area contributed by atoms with Crippen LogP contribution in [0.4, 0.5) is 16.2 Å². The Bertz CT molecular complexity index is 1980. The lowest BCUT2D eigenvalue weighted by molar-refractivity contribution is 0.174. The molecule has 1 aliphatic carbocycles. The van der Waals surface area contributed by atoms with Crippen molar-refractivity contribution in [1.82, 2.24) is 24.4 Å². The van der Waals surface area contributed by atoms with E-state index in [4.69, 9.17) is 21.1 Å². The van der Waals surface area contributed by atoms with Crippen LogP contribution in [0.1, 0.15) is 60.8 Å². The van der Waals surface area contributed by atoms with Crippen LogP contribution >= 0.6 is 11.6 Å². The van der Waals surface area contributed by atoms with Crippen molar-refractivity contribution in [2.24, 2.45) is 0 Å². The largest absolute Gasteiger partial charge is 0.507 e. The van der Waals surface area contributed by atoms with Gasteiger partial charge in [-0.3, -0.25) is 9.45 Å². The quantitative estimate of drug-likeness (QED) is 0.113. The highest BCUT2D eigenvalue weighted by Crippen LogP contribution is 2.40. The Morgan fingerprint density at radius 3 is 2.55 bits per heavy atom. The number of amides is 2. The maximum absolute atomic E-state index is 13.5. The second kappa shape index (κ2) is 15.2. The number of aromatic nitrogens is 3. The number of hydrogen-bond donors (Lipinski definition) is 5. The summed E-state index contributed by atoms with van der Waals surface area (Å²) in [7, 11) is 1.51. The molecule has 3 aromatic carbocycles. The highest BCUT2D eigenvalue weighted by Gasteiger charge is 2.26. The summed E-state index contributed by atoms with van der Waals surface area (Å²) in [6.45, 7) is 11.5. The number of rotatable bonds is 11. The first-order valence-electron chi connectivity index (χ1n) is 16.9. The molecule has 1 aliphatic heterocycles. The number of phenolic OH excluding ortho intramolecular Hbond substituents is 1. The van der Waals surface area contributed by atoms with Crippen molar-refractivity contribution in [3.05, 3.63) is 75.1 Å². The molecule has 13 nitrogen and oxygen atoms in total. The van der Waals surface area contributed by atoms with E-state index in [1.54, 1.807) is 18.2 Å². The van der Waals surface area contributed by atoms with Crippen LogP contribution in [-0.4, -0.2) is 66.4 Å². The number of benzene rings is 3. The third kappa shape index (κ3) is 8.15. The Morgan fingerprint density at radius 1 is 1.04 bits per heavy atom. The van der Waals surface area contributed by atoms with Crippen molar-refractivity contribution in [3.8, 4) is 28.6 Å². The lowest BCUT2D eigenvalue weighted by Gasteiger charge is -2.28. The van der Waals surface area contributed by atoms with Gasteiger partial charge in [-0.25, -0.2) is 13.7 Å². The maximum Gasteiger partial charge on any atom is 0.323 e. The van der Waals surface area contributed by atoms with Crippen LogP contribution in [0.25, 0.3) is 11.4 Å². The fourth-order valence-corrected chi connectivity index (χ4v) is 7.23. The van der Waals surface area contributed by atoms with Gasteiger partial charge in [-0.15, -0.1) is 10.2 Å². The Labute approximate surface area is 305 Å². The molecule has 0 saturated carbocycles. The number of anilines is 2. The first-order valence-corrected chi connectivity index (χ1v) is 18.4. The molecule has 15 heteroatoms. The number of carbonyl (C=O) groups is 1. The van der Waals surface area contributed by atoms with Gasteiger partial charge in [0, 0.05) is 42.5 Å². The Hall–Kier alpha value is -4.21. The van der Waals surface area contributed by atoms with Gasteiger partial charge in [-0.1, -0.05) is 38.4 Å². The molecular formula is C36H44ClN7O6S. The van der Waals surface area contributed by atoms with E-state index in [0.717, 1.165) is 65.3 Å². The van der Waals surface area contributed by atoms with Gasteiger partial charge in [0.2, 0.25) is 11.3 Å². The number of aromatic hydroxyl groups is 1. The molecule has 0 bridgehead atoms. The Balaban J connectivity index is 1.12. The molecule has 4 aromatic rings. The van der Waals surface area contributed by atoms with Crippen molar-refractivity contribution in [2.75, 3.05) is 37.4 Å². The number of phenols is 1. The van der Waals surface area contributed by atoms with Crippen molar-refractivity contribution < 1.29 is 28.1 Å². The van der Waals surface area contributed by atoms with Gasteiger partial charge in [-0.2, -0.15) is 0 Å². The molecular weight excluding hydrogens is 694 g/mol. The van der Waals surface area contributed by atoms with Crippen LogP contribution in [0.2, 0.25) is 5.02 Å². The molecule has 2 heterocycles. The van der Waals surface area contributed by atoms with E-state index in [2.05, 4.69) is 51.2 Å². The molecule has 51 heavy (non-hydrogen) atoms. The summed E-state index contributed by atoms with van der Waals surface area (Å²) in [4.78, 5) is 15.8. The molecule has 272 valence electrons. The highest BCUT2D eigenvalue weighted by atomic mass is 35.5. The number of carbonyl (C=O) groups excluding carboxylic acids is 1. The monoisotopic (exact) mass is 737 g/mol. The zero-order valence-corrected chi connectivity index (χ0v) is 31.0. The van der Waals surface area contributed by atoms with E-state index < -0.39 is 17.3 Å². The number of aryl methyl sites for hydroxylation is 1. The minimum absolute atomic E-state index is 0.0797. The highest BCUT2D eigenvalue weighted by molar-refractivity contribution is 7.77. The predicted octanol–water partition coefficient (Wildman–Crippen LogP) is 6.17. The summed E-state index contributed by atoms with van der Waals surface area (Å²) in [6, 6.07) is 10.2.